The fraction of sp³-hybridized carbons (Fsp3) is 0.176. The zero-order chi connectivity index (χ0) is 17.4. The summed E-state index contributed by atoms with van der Waals surface area (Å²) in [5, 5.41) is 7.28. The van der Waals surface area contributed by atoms with Gasteiger partial charge in [0.2, 0.25) is 0 Å². The van der Waals surface area contributed by atoms with Gasteiger partial charge in [0.05, 0.1) is 17.8 Å². The zero-order valence-electron chi connectivity index (χ0n) is 13.4. The summed E-state index contributed by atoms with van der Waals surface area (Å²) < 4.78 is 12.1. The SMILES string of the molecule is CNC(=S)N/N=C/c1cc(Br)c(OCc2ccccc2)c(OC)c1. The van der Waals surface area contributed by atoms with Gasteiger partial charge < -0.3 is 14.8 Å². The predicted octanol–water partition coefficient (Wildman–Crippen LogP) is 3.46. The lowest BCUT2D eigenvalue weighted by Crippen LogP contribution is -2.28. The topological polar surface area (TPSA) is 54.9 Å². The van der Waals surface area contributed by atoms with Crippen LogP contribution in [0.4, 0.5) is 0 Å². The van der Waals surface area contributed by atoms with E-state index in [4.69, 9.17) is 21.7 Å². The summed E-state index contributed by atoms with van der Waals surface area (Å²) in [4.78, 5) is 0. The van der Waals surface area contributed by atoms with Crippen LogP contribution in [0.3, 0.4) is 0 Å². The highest BCUT2D eigenvalue weighted by Gasteiger charge is 2.11. The first kappa shape index (κ1) is 18.2. The lowest BCUT2D eigenvalue weighted by molar-refractivity contribution is 0.282. The van der Waals surface area contributed by atoms with Gasteiger partial charge >= 0.3 is 0 Å². The third-order valence-electron chi connectivity index (χ3n) is 3.08. The molecule has 5 nitrogen and oxygen atoms in total. The molecule has 2 rings (SSSR count). The molecule has 0 saturated carbocycles. The third-order valence-corrected chi connectivity index (χ3v) is 3.97. The van der Waals surface area contributed by atoms with E-state index in [-0.39, 0.29) is 0 Å². The summed E-state index contributed by atoms with van der Waals surface area (Å²) in [6.45, 7) is 0.460. The van der Waals surface area contributed by atoms with Crippen LogP contribution in [-0.2, 0) is 6.61 Å². The van der Waals surface area contributed by atoms with Gasteiger partial charge in [-0.05, 0) is 51.4 Å². The van der Waals surface area contributed by atoms with Gasteiger partial charge in [-0.1, -0.05) is 30.3 Å². The molecule has 0 aliphatic carbocycles. The average molecular weight is 408 g/mol. The maximum absolute atomic E-state index is 5.90. The lowest BCUT2D eigenvalue weighted by atomic mass is 10.2. The molecule has 0 heterocycles. The quantitative estimate of drug-likeness (QED) is 0.436. The van der Waals surface area contributed by atoms with Gasteiger partial charge in [0.25, 0.3) is 0 Å². The fourth-order valence-corrected chi connectivity index (χ4v) is 2.53. The van der Waals surface area contributed by atoms with Crippen molar-refractivity contribution in [3.05, 3.63) is 58.1 Å². The van der Waals surface area contributed by atoms with Crippen molar-refractivity contribution in [3.8, 4) is 11.5 Å². The number of halogens is 1. The Labute approximate surface area is 155 Å². The molecule has 2 N–H and O–H groups in total. The Bertz CT molecular complexity index is 723. The van der Waals surface area contributed by atoms with Crippen LogP contribution in [0, 0.1) is 0 Å². The van der Waals surface area contributed by atoms with Gasteiger partial charge in [-0.15, -0.1) is 0 Å². The number of hydrazone groups is 1. The molecule has 2 aromatic rings. The predicted molar refractivity (Wildman–Crippen MR) is 104 cm³/mol. The summed E-state index contributed by atoms with van der Waals surface area (Å²) in [6, 6.07) is 13.7. The molecule has 126 valence electrons. The molecule has 0 amide bonds. The first-order chi connectivity index (χ1) is 11.6. The summed E-state index contributed by atoms with van der Waals surface area (Å²) in [5.41, 5.74) is 4.63. The molecule has 0 bridgehead atoms. The molecule has 0 aliphatic heterocycles. The number of hydrogen-bond acceptors (Lipinski definition) is 4. The van der Waals surface area contributed by atoms with Crippen molar-refractivity contribution in [1.29, 1.82) is 0 Å². The van der Waals surface area contributed by atoms with Crippen LogP contribution in [-0.4, -0.2) is 25.5 Å². The van der Waals surface area contributed by atoms with Crippen molar-refractivity contribution in [2.45, 2.75) is 6.61 Å². The molecular weight excluding hydrogens is 390 g/mol. The molecule has 24 heavy (non-hydrogen) atoms. The molecule has 0 fully saturated rings. The van der Waals surface area contributed by atoms with Gasteiger partial charge in [0.15, 0.2) is 16.6 Å². The molecule has 0 spiro atoms. The van der Waals surface area contributed by atoms with Crippen LogP contribution in [0.1, 0.15) is 11.1 Å². The number of hydrogen-bond donors (Lipinski definition) is 2. The largest absolute Gasteiger partial charge is 0.493 e. The summed E-state index contributed by atoms with van der Waals surface area (Å²) >= 11 is 8.48. The Hall–Kier alpha value is -2.12. The normalized spacial score (nSPS) is 10.5. The van der Waals surface area contributed by atoms with Crippen LogP contribution < -0.4 is 20.2 Å². The lowest BCUT2D eigenvalue weighted by Gasteiger charge is -2.13. The van der Waals surface area contributed by atoms with Crippen molar-refractivity contribution in [2.24, 2.45) is 5.10 Å². The molecule has 0 aliphatic rings. The van der Waals surface area contributed by atoms with E-state index >= 15 is 0 Å². The molecular formula is C17H18BrN3O2S. The third kappa shape index (κ3) is 5.21. The Balaban J connectivity index is 2.13. The van der Waals surface area contributed by atoms with Crippen molar-refractivity contribution < 1.29 is 9.47 Å². The summed E-state index contributed by atoms with van der Waals surface area (Å²) in [7, 11) is 3.33. The van der Waals surface area contributed by atoms with Crippen LogP contribution in [0.5, 0.6) is 11.5 Å². The van der Waals surface area contributed by atoms with Crippen LogP contribution in [0.2, 0.25) is 0 Å². The highest BCUT2D eigenvalue weighted by Crippen LogP contribution is 2.36. The number of ether oxygens (including phenoxy) is 2. The zero-order valence-corrected chi connectivity index (χ0v) is 15.8. The number of rotatable bonds is 6. The van der Waals surface area contributed by atoms with Crippen molar-refractivity contribution in [3.63, 3.8) is 0 Å². The fourth-order valence-electron chi connectivity index (χ4n) is 1.91. The first-order valence-electron chi connectivity index (χ1n) is 7.19. The van der Waals surface area contributed by atoms with Crippen molar-refractivity contribution in [2.75, 3.05) is 14.2 Å². The highest BCUT2D eigenvalue weighted by molar-refractivity contribution is 9.10. The van der Waals surface area contributed by atoms with E-state index in [1.807, 2.05) is 42.5 Å². The van der Waals surface area contributed by atoms with Gasteiger partial charge in [0, 0.05) is 7.05 Å². The van der Waals surface area contributed by atoms with Gasteiger partial charge in [-0.25, -0.2) is 0 Å². The van der Waals surface area contributed by atoms with E-state index in [1.165, 1.54) is 0 Å². The summed E-state index contributed by atoms with van der Waals surface area (Å²) in [5.74, 6) is 1.27. The Morgan fingerprint density at radius 2 is 2.04 bits per heavy atom. The molecule has 7 heteroatoms. The minimum Gasteiger partial charge on any atom is -0.493 e. The van der Waals surface area contributed by atoms with Crippen LogP contribution in [0.15, 0.2) is 52.0 Å². The highest BCUT2D eigenvalue weighted by atomic mass is 79.9. The van der Waals surface area contributed by atoms with Gasteiger partial charge in [-0.3, -0.25) is 5.43 Å². The second kappa shape index (κ2) is 9.24. The second-order valence-electron chi connectivity index (χ2n) is 4.76. The van der Waals surface area contributed by atoms with Gasteiger partial charge in [-0.2, -0.15) is 5.10 Å². The van der Waals surface area contributed by atoms with Crippen LogP contribution in [0.25, 0.3) is 0 Å². The molecule has 0 saturated heterocycles. The van der Waals surface area contributed by atoms with E-state index in [2.05, 4.69) is 31.8 Å². The molecule has 2 aromatic carbocycles. The smallest absolute Gasteiger partial charge is 0.186 e. The Morgan fingerprint density at radius 3 is 2.71 bits per heavy atom. The number of methoxy groups -OCH3 is 1. The maximum Gasteiger partial charge on any atom is 0.186 e. The van der Waals surface area contributed by atoms with E-state index in [1.54, 1.807) is 20.4 Å². The van der Waals surface area contributed by atoms with Gasteiger partial charge in [0.1, 0.15) is 6.61 Å². The van der Waals surface area contributed by atoms with E-state index < -0.39 is 0 Å². The maximum atomic E-state index is 5.90. The van der Waals surface area contributed by atoms with Crippen LogP contribution >= 0.6 is 28.1 Å². The van der Waals surface area contributed by atoms with E-state index in [0.717, 1.165) is 15.6 Å². The minimum atomic E-state index is 0.445. The molecule has 0 radical (unpaired) electrons. The summed E-state index contributed by atoms with van der Waals surface area (Å²) in [6.07, 6.45) is 1.65. The number of thiocarbonyl (C=S) groups is 1. The van der Waals surface area contributed by atoms with E-state index in [9.17, 15) is 0 Å². The molecule has 0 atom stereocenters. The number of nitrogens with one attached hydrogen (secondary N) is 2. The van der Waals surface area contributed by atoms with Crippen molar-refractivity contribution in [1.82, 2.24) is 10.7 Å². The standard InChI is InChI=1S/C17H18BrN3O2S/c1-19-17(24)21-20-10-13-8-14(18)16(15(9-13)22-2)23-11-12-6-4-3-5-7-12/h3-10H,11H2,1-2H3,(H2,19,21,24)/b20-10+. The number of benzene rings is 2. The monoisotopic (exact) mass is 407 g/mol. The Kier molecular flexibility index (Phi) is 7.02. The Morgan fingerprint density at radius 1 is 1.29 bits per heavy atom. The second-order valence-corrected chi connectivity index (χ2v) is 6.02. The molecule has 0 unspecified atom stereocenters. The van der Waals surface area contributed by atoms with Crippen molar-refractivity contribution >= 4 is 39.5 Å². The average Bonchev–Trinajstić information content (AvgIpc) is 2.61. The van der Waals surface area contributed by atoms with E-state index in [0.29, 0.717) is 23.2 Å². The molecule has 0 aromatic heterocycles. The minimum absolute atomic E-state index is 0.445. The first-order valence-corrected chi connectivity index (χ1v) is 8.39. The number of nitrogens with zero attached hydrogens (tertiary/aromatic N) is 1.